The number of halogens is 1. The minimum absolute atomic E-state index is 0.482. The number of rotatable bonds is 3. The van der Waals surface area contributed by atoms with Crippen LogP contribution in [-0.4, -0.2) is 15.2 Å². The van der Waals surface area contributed by atoms with Crippen molar-refractivity contribution in [1.29, 1.82) is 0 Å². The van der Waals surface area contributed by atoms with Crippen molar-refractivity contribution >= 4 is 26.8 Å². The Labute approximate surface area is 170 Å². The smallest absolute Gasteiger partial charge is 0.248 e. The molecule has 5 rings (SSSR count). The molecule has 0 aliphatic heterocycles. The van der Waals surface area contributed by atoms with E-state index in [1.807, 2.05) is 84.9 Å². The number of hydrogen-bond acceptors (Lipinski definition) is 4. The lowest BCUT2D eigenvalue weighted by Crippen LogP contribution is -1.90. The maximum absolute atomic E-state index is 6.02. The zero-order valence-corrected chi connectivity index (χ0v) is 16.3. The van der Waals surface area contributed by atoms with Crippen molar-refractivity contribution in [2.24, 2.45) is 0 Å². The van der Waals surface area contributed by atoms with Crippen LogP contribution in [0.4, 0.5) is 0 Å². The van der Waals surface area contributed by atoms with Crippen LogP contribution in [0.25, 0.3) is 45.1 Å². The molecule has 0 N–H and O–H groups in total. The molecule has 0 fully saturated rings. The Morgan fingerprint density at radius 1 is 0.679 bits per heavy atom. The molecule has 0 radical (unpaired) electrons. The highest BCUT2D eigenvalue weighted by atomic mass is 79.9. The van der Waals surface area contributed by atoms with Crippen LogP contribution in [0.15, 0.2) is 93.8 Å². The summed E-state index contributed by atoms with van der Waals surface area (Å²) in [5.41, 5.74) is 4.54. The van der Waals surface area contributed by atoms with Gasteiger partial charge in [-0.25, -0.2) is 4.98 Å². The average molecular weight is 428 g/mol. The predicted molar refractivity (Wildman–Crippen MR) is 114 cm³/mol. The summed E-state index contributed by atoms with van der Waals surface area (Å²) in [5.74, 6) is 0.984. The first-order valence-electron chi connectivity index (χ1n) is 8.83. The maximum atomic E-state index is 6.02. The first kappa shape index (κ1) is 16.8. The van der Waals surface area contributed by atoms with Gasteiger partial charge in [-0.15, -0.1) is 10.2 Å². The van der Waals surface area contributed by atoms with Crippen LogP contribution >= 0.6 is 15.9 Å². The number of para-hydroxylation sites is 1. The molecule has 134 valence electrons. The molecule has 4 nitrogen and oxygen atoms in total. The first-order valence-corrected chi connectivity index (χ1v) is 9.62. The number of nitrogens with zero attached hydrogens (tertiary/aromatic N) is 3. The van der Waals surface area contributed by atoms with Crippen LogP contribution in [-0.2, 0) is 0 Å². The minimum Gasteiger partial charge on any atom is -0.416 e. The zero-order chi connectivity index (χ0) is 18.9. The largest absolute Gasteiger partial charge is 0.416 e. The third-order valence-corrected chi connectivity index (χ3v) is 5.06. The van der Waals surface area contributed by atoms with Gasteiger partial charge in [-0.1, -0.05) is 64.5 Å². The SMILES string of the molecule is Brc1ccc(-c2cc(-c3nnc(-c4ccccc4)o3)c3ccccc3n2)cc1. The summed E-state index contributed by atoms with van der Waals surface area (Å²) in [6, 6.07) is 27.8. The molecular formula is C23H14BrN3O. The van der Waals surface area contributed by atoms with Crippen molar-refractivity contribution in [3.05, 3.63) is 89.4 Å². The van der Waals surface area contributed by atoms with Gasteiger partial charge in [0.15, 0.2) is 0 Å². The van der Waals surface area contributed by atoms with Gasteiger partial charge in [0.2, 0.25) is 11.8 Å². The van der Waals surface area contributed by atoms with Gasteiger partial charge < -0.3 is 4.42 Å². The lowest BCUT2D eigenvalue weighted by molar-refractivity contribution is 0.585. The molecule has 0 spiro atoms. The minimum atomic E-state index is 0.482. The van der Waals surface area contributed by atoms with E-state index in [0.717, 1.165) is 37.8 Å². The maximum Gasteiger partial charge on any atom is 0.248 e. The highest BCUT2D eigenvalue weighted by Gasteiger charge is 2.15. The van der Waals surface area contributed by atoms with Crippen LogP contribution in [0.2, 0.25) is 0 Å². The average Bonchev–Trinajstić information content (AvgIpc) is 3.24. The monoisotopic (exact) mass is 427 g/mol. The van der Waals surface area contributed by atoms with E-state index in [0.29, 0.717) is 11.8 Å². The number of aromatic nitrogens is 3. The van der Waals surface area contributed by atoms with E-state index in [1.54, 1.807) is 0 Å². The van der Waals surface area contributed by atoms with Crippen molar-refractivity contribution in [3.8, 4) is 34.2 Å². The van der Waals surface area contributed by atoms with E-state index in [9.17, 15) is 0 Å². The van der Waals surface area contributed by atoms with Gasteiger partial charge >= 0.3 is 0 Å². The molecule has 0 atom stereocenters. The second-order valence-electron chi connectivity index (χ2n) is 6.36. The Hall–Kier alpha value is -3.31. The Balaban J connectivity index is 1.68. The Morgan fingerprint density at radius 3 is 2.21 bits per heavy atom. The summed E-state index contributed by atoms with van der Waals surface area (Å²) in [5, 5.41) is 9.53. The third-order valence-electron chi connectivity index (χ3n) is 4.53. The molecule has 0 saturated heterocycles. The molecule has 2 heterocycles. The van der Waals surface area contributed by atoms with E-state index >= 15 is 0 Å². The van der Waals surface area contributed by atoms with Crippen molar-refractivity contribution in [3.63, 3.8) is 0 Å². The molecule has 0 unspecified atom stereocenters. The fourth-order valence-corrected chi connectivity index (χ4v) is 3.41. The second kappa shape index (κ2) is 7.02. The molecule has 28 heavy (non-hydrogen) atoms. The Bertz CT molecular complexity index is 1260. The quantitative estimate of drug-likeness (QED) is 0.335. The topological polar surface area (TPSA) is 51.8 Å². The van der Waals surface area contributed by atoms with Gasteiger partial charge in [-0.05, 0) is 36.4 Å². The number of fused-ring (bicyclic) bond motifs is 1. The van der Waals surface area contributed by atoms with Crippen LogP contribution in [0.1, 0.15) is 0 Å². The molecule has 5 aromatic rings. The van der Waals surface area contributed by atoms with Crippen LogP contribution in [0.3, 0.4) is 0 Å². The molecular weight excluding hydrogens is 414 g/mol. The van der Waals surface area contributed by atoms with Crippen molar-refractivity contribution < 1.29 is 4.42 Å². The number of benzene rings is 3. The zero-order valence-electron chi connectivity index (χ0n) is 14.7. The second-order valence-corrected chi connectivity index (χ2v) is 7.27. The normalized spacial score (nSPS) is 11.0. The Kier molecular flexibility index (Phi) is 4.22. The number of pyridine rings is 1. The summed E-state index contributed by atoms with van der Waals surface area (Å²) in [4.78, 5) is 4.82. The van der Waals surface area contributed by atoms with Gasteiger partial charge in [0.25, 0.3) is 0 Å². The van der Waals surface area contributed by atoms with Gasteiger partial charge in [0.05, 0.1) is 16.8 Å². The van der Waals surface area contributed by atoms with Crippen LogP contribution < -0.4 is 0 Å². The molecule has 0 amide bonds. The third kappa shape index (κ3) is 3.10. The van der Waals surface area contributed by atoms with Gasteiger partial charge in [-0.3, -0.25) is 0 Å². The molecule has 5 heteroatoms. The fourth-order valence-electron chi connectivity index (χ4n) is 3.15. The standard InChI is InChI=1S/C23H14BrN3O/c24-17-12-10-15(11-13-17)21-14-19(18-8-4-5-9-20(18)25-21)23-27-26-22(28-23)16-6-2-1-3-7-16/h1-14H. The molecule has 0 aliphatic carbocycles. The number of hydrogen-bond donors (Lipinski definition) is 0. The summed E-state index contributed by atoms with van der Waals surface area (Å²) < 4.78 is 7.05. The molecule has 0 aliphatic rings. The van der Waals surface area contributed by atoms with E-state index in [4.69, 9.17) is 9.40 Å². The van der Waals surface area contributed by atoms with Crippen molar-refractivity contribution in [2.75, 3.05) is 0 Å². The predicted octanol–water partition coefficient (Wildman–Crippen LogP) is 6.38. The van der Waals surface area contributed by atoms with Gasteiger partial charge in [0, 0.05) is 21.0 Å². The van der Waals surface area contributed by atoms with Gasteiger partial charge in [0.1, 0.15) is 0 Å². The Morgan fingerprint density at radius 2 is 1.39 bits per heavy atom. The first-order chi connectivity index (χ1) is 13.8. The van der Waals surface area contributed by atoms with Crippen molar-refractivity contribution in [1.82, 2.24) is 15.2 Å². The van der Waals surface area contributed by atoms with E-state index in [2.05, 4.69) is 26.1 Å². The fraction of sp³-hybridized carbons (Fsp3) is 0. The van der Waals surface area contributed by atoms with E-state index < -0.39 is 0 Å². The highest BCUT2D eigenvalue weighted by molar-refractivity contribution is 9.10. The lowest BCUT2D eigenvalue weighted by Gasteiger charge is -2.07. The summed E-state index contributed by atoms with van der Waals surface area (Å²) in [7, 11) is 0. The summed E-state index contributed by atoms with van der Waals surface area (Å²) >= 11 is 3.48. The van der Waals surface area contributed by atoms with E-state index in [1.165, 1.54) is 0 Å². The summed E-state index contributed by atoms with van der Waals surface area (Å²) in [6.07, 6.45) is 0. The van der Waals surface area contributed by atoms with Crippen molar-refractivity contribution in [2.45, 2.75) is 0 Å². The van der Waals surface area contributed by atoms with Crippen LogP contribution in [0.5, 0.6) is 0 Å². The van der Waals surface area contributed by atoms with Gasteiger partial charge in [-0.2, -0.15) is 0 Å². The highest BCUT2D eigenvalue weighted by Crippen LogP contribution is 2.33. The van der Waals surface area contributed by atoms with E-state index in [-0.39, 0.29) is 0 Å². The lowest BCUT2D eigenvalue weighted by atomic mass is 10.0. The summed E-state index contributed by atoms with van der Waals surface area (Å²) in [6.45, 7) is 0. The van der Waals surface area contributed by atoms with Crippen LogP contribution in [0, 0.1) is 0 Å². The molecule has 0 bridgehead atoms. The molecule has 3 aromatic carbocycles. The molecule has 0 saturated carbocycles. The molecule has 2 aromatic heterocycles.